The maximum atomic E-state index is 13.3. The van der Waals surface area contributed by atoms with Gasteiger partial charge in [0.25, 0.3) is 0 Å². The molecule has 1 fully saturated rings. The number of nitrogens with one attached hydrogen (secondary N) is 1. The van der Waals surface area contributed by atoms with Gasteiger partial charge in [0.1, 0.15) is 24.6 Å². The highest BCUT2D eigenvalue weighted by Crippen LogP contribution is 2.25. The van der Waals surface area contributed by atoms with Gasteiger partial charge in [-0.2, -0.15) is 5.10 Å². The van der Waals surface area contributed by atoms with Crippen molar-refractivity contribution < 1.29 is 9.13 Å². The molecule has 0 bridgehead atoms. The Bertz CT molecular complexity index is 1030. The van der Waals surface area contributed by atoms with Gasteiger partial charge in [-0.3, -0.25) is 0 Å². The zero-order valence-electron chi connectivity index (χ0n) is 18.9. The van der Waals surface area contributed by atoms with Gasteiger partial charge in [-0.25, -0.2) is 19.0 Å². The second-order valence-electron chi connectivity index (χ2n) is 7.98. The summed E-state index contributed by atoms with van der Waals surface area (Å²) >= 11 is 0. The summed E-state index contributed by atoms with van der Waals surface area (Å²) in [5.74, 6) is 0.617. The monoisotopic (exact) mass is 564 g/mol. The summed E-state index contributed by atoms with van der Waals surface area (Å²) in [6.07, 6.45) is 3.16. The molecule has 176 valence electrons. The number of hydrogen-bond donors (Lipinski definition) is 1. The van der Waals surface area contributed by atoms with Gasteiger partial charge in [0, 0.05) is 13.1 Å². The van der Waals surface area contributed by atoms with Crippen LogP contribution in [-0.4, -0.2) is 51.4 Å². The minimum atomic E-state index is -0.240. The van der Waals surface area contributed by atoms with E-state index in [2.05, 4.69) is 52.3 Å². The number of ether oxygens (including phenoxy) is 1. The summed E-state index contributed by atoms with van der Waals surface area (Å²) < 4.78 is 21.3. The van der Waals surface area contributed by atoms with Gasteiger partial charge in [-0.15, -0.1) is 24.0 Å². The van der Waals surface area contributed by atoms with Gasteiger partial charge in [0.05, 0.1) is 25.7 Å². The van der Waals surface area contributed by atoms with Crippen LogP contribution in [0.1, 0.15) is 36.6 Å². The molecule has 0 amide bonds. The molecule has 0 saturated carbocycles. The van der Waals surface area contributed by atoms with E-state index in [-0.39, 0.29) is 42.0 Å². The van der Waals surface area contributed by atoms with Crippen LogP contribution >= 0.6 is 24.0 Å². The summed E-state index contributed by atoms with van der Waals surface area (Å²) in [5.41, 5.74) is 3.26. The van der Waals surface area contributed by atoms with Gasteiger partial charge in [0.2, 0.25) is 0 Å². The fourth-order valence-electron chi connectivity index (χ4n) is 3.91. The lowest BCUT2D eigenvalue weighted by Crippen LogP contribution is -2.50. The van der Waals surface area contributed by atoms with E-state index in [1.165, 1.54) is 12.1 Å². The summed E-state index contributed by atoms with van der Waals surface area (Å²) in [4.78, 5) is 11.1. The molecule has 2 heterocycles. The molecule has 7 nitrogen and oxygen atoms in total. The van der Waals surface area contributed by atoms with Crippen molar-refractivity contribution in [2.24, 2.45) is 4.99 Å². The van der Waals surface area contributed by atoms with Gasteiger partial charge in [-0.05, 0) is 42.7 Å². The first-order valence-electron chi connectivity index (χ1n) is 10.9. The fraction of sp³-hybridized carbons (Fsp3) is 0.375. The van der Waals surface area contributed by atoms with Crippen LogP contribution in [0.2, 0.25) is 0 Å². The van der Waals surface area contributed by atoms with Crippen molar-refractivity contribution in [1.29, 1.82) is 0 Å². The Labute approximate surface area is 211 Å². The van der Waals surface area contributed by atoms with Crippen molar-refractivity contribution in [3.8, 4) is 0 Å². The van der Waals surface area contributed by atoms with Crippen molar-refractivity contribution in [2.75, 3.05) is 19.6 Å². The molecule has 2 aromatic carbocycles. The summed E-state index contributed by atoms with van der Waals surface area (Å²) in [5, 5.41) is 7.59. The standard InChI is InChI=1S/C24H29FN6O.HI/c1-3-27-24(28-12-19-5-4-6-20(11-19)14-31-17-26-16-29-31)30-13-18(2)32-23(15-30)21-7-9-22(25)10-8-21;/h4-11,16-18,23H,3,12-15H2,1-2H3,(H,27,28);1H. The van der Waals surface area contributed by atoms with Gasteiger partial charge in [0.15, 0.2) is 5.96 Å². The highest BCUT2D eigenvalue weighted by Gasteiger charge is 2.28. The molecule has 2 unspecified atom stereocenters. The lowest BCUT2D eigenvalue weighted by atomic mass is 10.1. The first-order valence-corrected chi connectivity index (χ1v) is 10.9. The van der Waals surface area contributed by atoms with E-state index in [9.17, 15) is 4.39 Å². The van der Waals surface area contributed by atoms with E-state index >= 15 is 0 Å². The molecule has 33 heavy (non-hydrogen) atoms. The molecular weight excluding hydrogens is 534 g/mol. The lowest BCUT2D eigenvalue weighted by molar-refractivity contribution is -0.0605. The molecule has 1 aliphatic rings. The number of aliphatic imine (C=N–C) groups is 1. The van der Waals surface area contributed by atoms with Crippen LogP contribution in [0.5, 0.6) is 0 Å². The Balaban J connectivity index is 0.00000306. The van der Waals surface area contributed by atoms with Crippen LogP contribution < -0.4 is 5.32 Å². The van der Waals surface area contributed by atoms with E-state index in [0.717, 1.165) is 35.7 Å². The van der Waals surface area contributed by atoms with Crippen LogP contribution in [-0.2, 0) is 17.8 Å². The summed E-state index contributed by atoms with van der Waals surface area (Å²) in [7, 11) is 0. The third kappa shape index (κ3) is 6.97. The maximum Gasteiger partial charge on any atom is 0.194 e. The molecule has 0 spiro atoms. The molecule has 2 atom stereocenters. The Morgan fingerprint density at radius 2 is 1.97 bits per heavy atom. The Kier molecular flexibility index (Phi) is 9.19. The normalized spacial score (nSPS) is 18.6. The first kappa shape index (κ1) is 25.1. The zero-order chi connectivity index (χ0) is 22.3. The molecule has 4 rings (SSSR count). The predicted molar refractivity (Wildman–Crippen MR) is 137 cm³/mol. The largest absolute Gasteiger partial charge is 0.367 e. The van der Waals surface area contributed by atoms with Gasteiger partial charge >= 0.3 is 0 Å². The van der Waals surface area contributed by atoms with Crippen LogP contribution in [0, 0.1) is 5.82 Å². The van der Waals surface area contributed by atoms with E-state index in [0.29, 0.717) is 19.6 Å². The van der Waals surface area contributed by atoms with Gasteiger partial charge in [-0.1, -0.05) is 36.4 Å². The van der Waals surface area contributed by atoms with Crippen LogP contribution in [0.3, 0.4) is 0 Å². The predicted octanol–water partition coefficient (Wildman–Crippen LogP) is 4.01. The number of rotatable bonds is 6. The van der Waals surface area contributed by atoms with Crippen molar-refractivity contribution >= 4 is 29.9 Å². The van der Waals surface area contributed by atoms with Crippen LogP contribution in [0.15, 0.2) is 66.2 Å². The molecule has 1 aromatic heterocycles. The highest BCUT2D eigenvalue weighted by atomic mass is 127. The third-order valence-electron chi connectivity index (χ3n) is 5.35. The molecule has 9 heteroatoms. The number of benzene rings is 2. The zero-order valence-corrected chi connectivity index (χ0v) is 21.2. The molecular formula is C24H30FIN6O. The number of morpholine rings is 1. The van der Waals surface area contributed by atoms with E-state index in [1.807, 2.05) is 6.07 Å². The molecule has 1 saturated heterocycles. The minimum absolute atomic E-state index is 0. The van der Waals surface area contributed by atoms with Crippen molar-refractivity contribution in [1.82, 2.24) is 25.0 Å². The second kappa shape index (κ2) is 12.1. The van der Waals surface area contributed by atoms with Crippen molar-refractivity contribution in [3.05, 3.63) is 83.7 Å². The SMILES string of the molecule is CCNC(=NCc1cccc(Cn2cncn2)c1)N1CC(C)OC(c2ccc(F)cc2)C1.I. The molecule has 0 radical (unpaired) electrons. The Hall–Kier alpha value is -2.53. The van der Waals surface area contributed by atoms with E-state index in [1.54, 1.807) is 29.5 Å². The number of nitrogens with zero attached hydrogens (tertiary/aromatic N) is 5. The van der Waals surface area contributed by atoms with Gasteiger partial charge < -0.3 is 15.0 Å². The number of halogens is 2. The third-order valence-corrected chi connectivity index (χ3v) is 5.35. The Morgan fingerprint density at radius 3 is 2.70 bits per heavy atom. The quantitative estimate of drug-likeness (QED) is 0.279. The fourth-order valence-corrected chi connectivity index (χ4v) is 3.91. The van der Waals surface area contributed by atoms with Crippen molar-refractivity contribution in [2.45, 2.75) is 39.1 Å². The number of hydrogen-bond acceptors (Lipinski definition) is 4. The average Bonchev–Trinajstić information content (AvgIpc) is 3.30. The topological polar surface area (TPSA) is 67.6 Å². The Morgan fingerprint density at radius 1 is 1.18 bits per heavy atom. The lowest BCUT2D eigenvalue weighted by Gasteiger charge is -2.38. The smallest absolute Gasteiger partial charge is 0.194 e. The van der Waals surface area contributed by atoms with Crippen molar-refractivity contribution in [3.63, 3.8) is 0 Å². The highest BCUT2D eigenvalue weighted by molar-refractivity contribution is 14.0. The summed E-state index contributed by atoms with van der Waals surface area (Å²) in [6.45, 7) is 7.55. The molecule has 0 aliphatic carbocycles. The molecule has 1 aliphatic heterocycles. The number of guanidine groups is 1. The maximum absolute atomic E-state index is 13.3. The van der Waals surface area contributed by atoms with E-state index in [4.69, 9.17) is 9.73 Å². The second-order valence-corrected chi connectivity index (χ2v) is 7.98. The average molecular weight is 564 g/mol. The minimum Gasteiger partial charge on any atom is -0.367 e. The first-order chi connectivity index (χ1) is 15.6. The van der Waals surface area contributed by atoms with Crippen LogP contribution in [0.4, 0.5) is 4.39 Å². The van der Waals surface area contributed by atoms with E-state index < -0.39 is 0 Å². The molecule has 3 aromatic rings. The van der Waals surface area contributed by atoms with Crippen LogP contribution in [0.25, 0.3) is 0 Å². The summed E-state index contributed by atoms with van der Waals surface area (Å²) in [6, 6.07) is 14.9. The molecule has 1 N–H and O–H groups in total. The number of aromatic nitrogens is 3.